The fraction of sp³-hybridized carbons (Fsp3) is 0.731. The van der Waals surface area contributed by atoms with Gasteiger partial charge in [-0.2, -0.15) is 0 Å². The first-order chi connectivity index (χ1) is 13.8. The molecule has 2 unspecified atom stereocenters. The van der Waals surface area contributed by atoms with Gasteiger partial charge >= 0.3 is 0 Å². The van der Waals surface area contributed by atoms with E-state index in [4.69, 9.17) is 0 Å². The van der Waals surface area contributed by atoms with Crippen molar-refractivity contribution in [1.29, 1.82) is 0 Å². The summed E-state index contributed by atoms with van der Waals surface area (Å²) in [4.78, 5) is 15.5. The van der Waals surface area contributed by atoms with Crippen LogP contribution in [0.15, 0.2) is 30.3 Å². The maximum absolute atomic E-state index is 12.8. The Morgan fingerprint density at radius 2 is 1.43 bits per heavy atom. The summed E-state index contributed by atoms with van der Waals surface area (Å²) < 4.78 is 0. The first kappa shape index (κ1) is 21.6. The van der Waals surface area contributed by atoms with Crippen LogP contribution >= 0.6 is 0 Å². The normalized spacial score (nSPS) is 24.5. The molecule has 2 aliphatic rings. The zero-order valence-corrected chi connectivity index (χ0v) is 18.1. The molecule has 0 N–H and O–H groups in total. The molecule has 28 heavy (non-hydrogen) atoms. The number of piperidine rings is 1. The van der Waals surface area contributed by atoms with Gasteiger partial charge in [-0.05, 0) is 37.7 Å². The smallest absolute Gasteiger partial charge is 0.136 e. The lowest BCUT2D eigenvalue weighted by atomic mass is 9.85. The zero-order valence-electron chi connectivity index (χ0n) is 18.1. The molecule has 2 aliphatic heterocycles. The molecular weight excluding hydrogens is 342 g/mol. The highest BCUT2D eigenvalue weighted by atomic mass is 16.1. The Morgan fingerprint density at radius 3 is 2.04 bits per heavy atom. The van der Waals surface area contributed by atoms with Crippen molar-refractivity contribution >= 4 is 5.78 Å². The minimum atomic E-state index is 0.346. The number of rotatable bonds is 13. The maximum Gasteiger partial charge on any atom is 0.136 e. The van der Waals surface area contributed by atoms with Crippen molar-refractivity contribution in [1.82, 2.24) is 4.90 Å². The lowest BCUT2D eigenvalue weighted by molar-refractivity contribution is -0.125. The molecule has 0 aromatic heterocycles. The van der Waals surface area contributed by atoms with Crippen LogP contribution in [0.1, 0.15) is 102 Å². The molecule has 2 atom stereocenters. The van der Waals surface area contributed by atoms with E-state index in [2.05, 4.69) is 42.2 Å². The second kappa shape index (κ2) is 11.8. The van der Waals surface area contributed by atoms with Crippen molar-refractivity contribution < 1.29 is 4.79 Å². The number of ketones is 1. The lowest BCUT2D eigenvalue weighted by Gasteiger charge is -2.38. The Bertz CT molecular complexity index is 555. The predicted molar refractivity (Wildman–Crippen MR) is 118 cm³/mol. The molecule has 3 rings (SSSR count). The second-order valence-corrected chi connectivity index (χ2v) is 9.26. The highest BCUT2D eigenvalue weighted by molar-refractivity contribution is 5.81. The third kappa shape index (κ3) is 6.44. The molecule has 0 aliphatic carbocycles. The van der Waals surface area contributed by atoms with Gasteiger partial charge in [0.25, 0.3) is 0 Å². The van der Waals surface area contributed by atoms with Crippen LogP contribution < -0.4 is 0 Å². The van der Waals surface area contributed by atoms with Crippen molar-refractivity contribution in [3.05, 3.63) is 35.9 Å². The van der Waals surface area contributed by atoms with Crippen LogP contribution in [-0.2, 0) is 11.3 Å². The average Bonchev–Trinajstić information content (AvgIpc) is 2.94. The molecule has 2 nitrogen and oxygen atoms in total. The molecule has 2 fully saturated rings. The molecule has 1 aromatic rings. The highest BCUT2D eigenvalue weighted by Gasteiger charge is 2.42. The van der Waals surface area contributed by atoms with Gasteiger partial charge in [0.15, 0.2) is 0 Å². The number of benzene rings is 1. The number of unbranched alkanes of at least 4 members (excludes halogenated alkanes) is 8. The Labute approximate surface area is 173 Å². The molecule has 0 spiro atoms. The summed E-state index contributed by atoms with van der Waals surface area (Å²) in [6.45, 7) is 3.34. The van der Waals surface area contributed by atoms with Crippen LogP contribution in [0.4, 0.5) is 0 Å². The van der Waals surface area contributed by atoms with Crippen molar-refractivity contribution in [3.8, 4) is 0 Å². The number of carbonyl (C=O) groups excluding carboxylic acids is 1. The summed E-state index contributed by atoms with van der Waals surface area (Å²) >= 11 is 0. The lowest BCUT2D eigenvalue weighted by Crippen LogP contribution is -2.44. The van der Waals surface area contributed by atoms with Gasteiger partial charge in [0.1, 0.15) is 5.78 Å². The van der Waals surface area contributed by atoms with Crippen molar-refractivity contribution in [2.45, 2.75) is 115 Å². The third-order valence-electron chi connectivity index (χ3n) is 7.07. The fourth-order valence-corrected chi connectivity index (χ4v) is 5.40. The van der Waals surface area contributed by atoms with Gasteiger partial charge in [-0.3, -0.25) is 9.69 Å². The Hall–Kier alpha value is -1.15. The minimum absolute atomic E-state index is 0.346. The summed E-state index contributed by atoms with van der Waals surface area (Å²) in [5, 5.41) is 0. The average molecular weight is 384 g/mol. The largest absolute Gasteiger partial charge is 0.299 e. The molecule has 0 amide bonds. The number of Topliss-reactive ketones (excluding diaryl/α,β-unsaturated/α-hetero) is 1. The summed E-state index contributed by atoms with van der Waals surface area (Å²) in [5.74, 6) is 0.915. The molecule has 2 bridgehead atoms. The molecular formula is C26H41NO. The van der Waals surface area contributed by atoms with Crippen molar-refractivity contribution in [3.63, 3.8) is 0 Å². The van der Waals surface area contributed by atoms with Gasteiger partial charge in [-0.1, -0.05) is 88.6 Å². The van der Waals surface area contributed by atoms with E-state index < -0.39 is 0 Å². The van der Waals surface area contributed by atoms with Gasteiger partial charge in [-0.15, -0.1) is 0 Å². The van der Waals surface area contributed by atoms with E-state index >= 15 is 0 Å². The van der Waals surface area contributed by atoms with Gasteiger partial charge in [0, 0.05) is 31.0 Å². The molecule has 0 saturated carbocycles. The van der Waals surface area contributed by atoms with Crippen LogP contribution in [0, 0.1) is 5.92 Å². The SMILES string of the molecule is CCCCCCCCCCCC(=O)C1CC2CCC(C1)N2Cc1ccccc1. The van der Waals surface area contributed by atoms with E-state index in [1.165, 1.54) is 69.8 Å². The van der Waals surface area contributed by atoms with Crippen LogP contribution in [0.5, 0.6) is 0 Å². The highest BCUT2D eigenvalue weighted by Crippen LogP contribution is 2.40. The molecule has 2 heterocycles. The van der Waals surface area contributed by atoms with Crippen LogP contribution in [0.2, 0.25) is 0 Å². The van der Waals surface area contributed by atoms with Crippen LogP contribution in [0.3, 0.4) is 0 Å². The van der Waals surface area contributed by atoms with E-state index in [0.717, 1.165) is 32.2 Å². The topological polar surface area (TPSA) is 20.3 Å². The zero-order chi connectivity index (χ0) is 19.6. The first-order valence-electron chi connectivity index (χ1n) is 12.1. The summed E-state index contributed by atoms with van der Waals surface area (Å²) in [6, 6.07) is 12.1. The van der Waals surface area contributed by atoms with Crippen molar-refractivity contribution in [2.75, 3.05) is 0 Å². The summed E-state index contributed by atoms with van der Waals surface area (Å²) in [5.41, 5.74) is 1.42. The van der Waals surface area contributed by atoms with Gasteiger partial charge in [0.05, 0.1) is 0 Å². The first-order valence-corrected chi connectivity index (χ1v) is 12.1. The fourth-order valence-electron chi connectivity index (χ4n) is 5.40. The number of nitrogens with zero attached hydrogens (tertiary/aromatic N) is 1. The Morgan fingerprint density at radius 1 is 0.857 bits per heavy atom. The summed E-state index contributed by atoms with van der Waals surface area (Å²) in [6.07, 6.45) is 17.6. The standard InChI is InChI=1S/C26H41NO/c1-2-3-4-5-6-7-8-9-13-16-26(28)23-19-24-17-18-25(20-23)27(24)21-22-14-11-10-12-15-22/h10-12,14-15,23-25H,2-9,13,16-21H2,1H3. The van der Waals surface area contributed by atoms with E-state index in [1.54, 1.807) is 0 Å². The minimum Gasteiger partial charge on any atom is -0.299 e. The van der Waals surface area contributed by atoms with E-state index in [1.807, 2.05) is 0 Å². The number of fused-ring (bicyclic) bond motifs is 2. The second-order valence-electron chi connectivity index (χ2n) is 9.26. The van der Waals surface area contributed by atoms with Gasteiger partial charge in [-0.25, -0.2) is 0 Å². The predicted octanol–water partition coefficient (Wildman–Crippen LogP) is 6.92. The molecule has 156 valence electrons. The molecule has 1 aromatic carbocycles. The number of hydrogen-bond donors (Lipinski definition) is 0. The number of hydrogen-bond acceptors (Lipinski definition) is 2. The molecule has 2 saturated heterocycles. The van der Waals surface area contributed by atoms with Crippen LogP contribution in [0.25, 0.3) is 0 Å². The van der Waals surface area contributed by atoms with E-state index in [0.29, 0.717) is 23.8 Å². The Balaban J connectivity index is 1.31. The third-order valence-corrected chi connectivity index (χ3v) is 7.07. The van der Waals surface area contributed by atoms with Gasteiger partial charge in [0.2, 0.25) is 0 Å². The molecule has 2 heteroatoms. The quantitative estimate of drug-likeness (QED) is 0.345. The van der Waals surface area contributed by atoms with E-state index in [-0.39, 0.29) is 0 Å². The number of carbonyl (C=O) groups is 1. The van der Waals surface area contributed by atoms with Crippen molar-refractivity contribution in [2.24, 2.45) is 5.92 Å². The molecule has 0 radical (unpaired) electrons. The maximum atomic E-state index is 12.8. The van der Waals surface area contributed by atoms with Gasteiger partial charge < -0.3 is 0 Å². The summed E-state index contributed by atoms with van der Waals surface area (Å²) in [7, 11) is 0. The van der Waals surface area contributed by atoms with E-state index in [9.17, 15) is 4.79 Å². The Kier molecular flexibility index (Phi) is 9.05. The van der Waals surface area contributed by atoms with Crippen LogP contribution in [-0.4, -0.2) is 22.8 Å². The monoisotopic (exact) mass is 383 g/mol.